The van der Waals surface area contributed by atoms with Gasteiger partial charge in [-0.05, 0) is 12.8 Å². The number of amides is 2. The van der Waals surface area contributed by atoms with E-state index in [4.69, 9.17) is 0 Å². The largest absolute Gasteiger partial charge is 0.359 e. The van der Waals surface area contributed by atoms with E-state index in [9.17, 15) is 9.59 Å². The Bertz CT molecular complexity index is 311. The predicted octanol–water partition coefficient (Wildman–Crippen LogP) is 0.0553. The lowest BCUT2D eigenvalue weighted by atomic mass is 9.96. The minimum Gasteiger partial charge on any atom is -0.359 e. The number of likely N-dealkylation sites (tertiary alicyclic amines) is 1. The predicted molar refractivity (Wildman–Crippen MR) is 74.9 cm³/mol. The number of thioether (sulfide) groups is 1. The Kier molecular flexibility index (Phi) is 6.25. The molecule has 18 heavy (non-hydrogen) atoms. The molecule has 2 amide bonds. The van der Waals surface area contributed by atoms with Crippen LogP contribution in [-0.4, -0.2) is 54.5 Å². The van der Waals surface area contributed by atoms with Gasteiger partial charge in [0.15, 0.2) is 0 Å². The number of nitrogens with one attached hydrogen (secondary N) is 2. The maximum absolute atomic E-state index is 12.2. The first-order valence-corrected chi connectivity index (χ1v) is 7.19. The van der Waals surface area contributed by atoms with Crippen LogP contribution in [0.4, 0.5) is 0 Å². The molecule has 2 unspecified atom stereocenters. The number of rotatable bonds is 2. The zero-order valence-corrected chi connectivity index (χ0v) is 12.1. The van der Waals surface area contributed by atoms with Gasteiger partial charge < -0.3 is 10.2 Å². The summed E-state index contributed by atoms with van der Waals surface area (Å²) in [6, 6.07) is -0.0524. The third-order valence-corrected chi connectivity index (χ3v) is 4.30. The molecule has 0 bridgehead atoms. The highest BCUT2D eigenvalue weighted by atomic mass is 35.5. The van der Waals surface area contributed by atoms with Crippen molar-refractivity contribution in [3.8, 4) is 0 Å². The molecule has 2 rings (SSSR count). The number of hydrogen-bond acceptors (Lipinski definition) is 4. The number of halogens is 1. The summed E-state index contributed by atoms with van der Waals surface area (Å²) >= 11 is 1.75. The second-order valence-electron chi connectivity index (χ2n) is 4.51. The molecule has 0 radical (unpaired) electrons. The minimum absolute atomic E-state index is 0. The van der Waals surface area contributed by atoms with E-state index in [0.717, 1.165) is 31.0 Å². The van der Waals surface area contributed by atoms with Gasteiger partial charge in [-0.2, -0.15) is 0 Å². The summed E-state index contributed by atoms with van der Waals surface area (Å²) in [5, 5.41) is 5.85. The fraction of sp³-hybridized carbons (Fsp3) is 0.818. The maximum Gasteiger partial charge on any atom is 0.240 e. The lowest BCUT2D eigenvalue weighted by Gasteiger charge is -2.33. The average molecular weight is 294 g/mol. The van der Waals surface area contributed by atoms with Gasteiger partial charge >= 0.3 is 0 Å². The molecule has 2 heterocycles. The summed E-state index contributed by atoms with van der Waals surface area (Å²) in [6.07, 6.45) is 1.81. The van der Waals surface area contributed by atoms with Crippen LogP contribution < -0.4 is 10.6 Å². The van der Waals surface area contributed by atoms with Gasteiger partial charge in [-0.15, -0.1) is 24.2 Å². The number of nitrogens with zero attached hydrogens (tertiary/aromatic N) is 1. The highest BCUT2D eigenvalue weighted by Crippen LogP contribution is 2.19. The molecule has 0 aliphatic carbocycles. The van der Waals surface area contributed by atoms with E-state index < -0.39 is 0 Å². The fourth-order valence-corrected chi connectivity index (χ4v) is 3.30. The van der Waals surface area contributed by atoms with E-state index >= 15 is 0 Å². The van der Waals surface area contributed by atoms with Gasteiger partial charge in [0.1, 0.15) is 0 Å². The highest BCUT2D eigenvalue weighted by molar-refractivity contribution is 7.99. The number of piperidine rings is 1. The molecule has 7 heteroatoms. The molecule has 2 saturated heterocycles. The molecule has 2 aliphatic rings. The molecule has 0 aromatic carbocycles. The molecule has 2 fully saturated rings. The van der Waals surface area contributed by atoms with Crippen LogP contribution in [0.5, 0.6) is 0 Å². The van der Waals surface area contributed by atoms with E-state index in [1.807, 2.05) is 4.90 Å². The van der Waals surface area contributed by atoms with Crippen LogP contribution in [0, 0.1) is 5.92 Å². The van der Waals surface area contributed by atoms with Crippen LogP contribution in [-0.2, 0) is 9.59 Å². The van der Waals surface area contributed by atoms with Crippen molar-refractivity contribution in [1.29, 1.82) is 0 Å². The number of hydrogen-bond donors (Lipinski definition) is 2. The fourth-order valence-electron chi connectivity index (χ4n) is 2.37. The zero-order valence-electron chi connectivity index (χ0n) is 10.5. The normalized spacial score (nSPS) is 27.5. The van der Waals surface area contributed by atoms with Gasteiger partial charge in [0.25, 0.3) is 0 Å². The Morgan fingerprint density at radius 3 is 2.83 bits per heavy atom. The van der Waals surface area contributed by atoms with Crippen LogP contribution >= 0.6 is 24.2 Å². The minimum atomic E-state index is -0.0524. The molecule has 0 aromatic rings. The van der Waals surface area contributed by atoms with Crippen molar-refractivity contribution in [2.75, 3.05) is 31.8 Å². The van der Waals surface area contributed by atoms with Crippen LogP contribution in [0.1, 0.15) is 12.8 Å². The van der Waals surface area contributed by atoms with E-state index in [1.165, 1.54) is 0 Å². The summed E-state index contributed by atoms with van der Waals surface area (Å²) in [5.74, 6) is 1.87. The van der Waals surface area contributed by atoms with E-state index in [1.54, 1.807) is 18.8 Å². The van der Waals surface area contributed by atoms with Gasteiger partial charge in [-0.3, -0.25) is 14.9 Å². The summed E-state index contributed by atoms with van der Waals surface area (Å²) in [7, 11) is 1.65. The monoisotopic (exact) mass is 293 g/mol. The van der Waals surface area contributed by atoms with Crippen molar-refractivity contribution < 1.29 is 9.59 Å². The summed E-state index contributed by atoms with van der Waals surface area (Å²) in [5.41, 5.74) is 0. The van der Waals surface area contributed by atoms with Crippen molar-refractivity contribution >= 4 is 36.0 Å². The van der Waals surface area contributed by atoms with Crippen LogP contribution in [0.3, 0.4) is 0 Å². The lowest BCUT2D eigenvalue weighted by molar-refractivity contribution is -0.136. The molecule has 0 aromatic heterocycles. The van der Waals surface area contributed by atoms with Gasteiger partial charge in [0, 0.05) is 31.8 Å². The van der Waals surface area contributed by atoms with Crippen molar-refractivity contribution in [3.05, 3.63) is 0 Å². The van der Waals surface area contributed by atoms with E-state index in [0.29, 0.717) is 6.54 Å². The van der Waals surface area contributed by atoms with E-state index in [2.05, 4.69) is 10.6 Å². The molecule has 2 aliphatic heterocycles. The molecule has 5 nitrogen and oxygen atoms in total. The average Bonchev–Trinajstić information content (AvgIpc) is 2.91. The summed E-state index contributed by atoms with van der Waals surface area (Å²) < 4.78 is 0. The zero-order chi connectivity index (χ0) is 12.3. The molecule has 2 N–H and O–H groups in total. The second-order valence-corrected chi connectivity index (χ2v) is 5.54. The Morgan fingerprint density at radius 2 is 2.22 bits per heavy atom. The third-order valence-electron chi connectivity index (χ3n) is 3.36. The van der Waals surface area contributed by atoms with Crippen molar-refractivity contribution in [1.82, 2.24) is 15.5 Å². The van der Waals surface area contributed by atoms with Crippen LogP contribution in [0.15, 0.2) is 0 Å². The third kappa shape index (κ3) is 3.52. The molecule has 104 valence electrons. The topological polar surface area (TPSA) is 61.4 Å². The lowest BCUT2D eigenvalue weighted by Crippen LogP contribution is -2.50. The first kappa shape index (κ1) is 15.6. The Balaban J connectivity index is 0.00000162. The van der Waals surface area contributed by atoms with Gasteiger partial charge in [0.2, 0.25) is 11.8 Å². The summed E-state index contributed by atoms with van der Waals surface area (Å²) in [4.78, 5) is 25.6. The Labute approximate surface area is 118 Å². The standard InChI is InChI=1S/C11H19N3O2S.ClH/c1-12-10(15)8-3-2-4-14(5-8)11(16)9-6-17-7-13-9;/h8-9,13H,2-7H2,1H3,(H,12,15);1H. The first-order chi connectivity index (χ1) is 8.22. The molecule has 2 atom stereocenters. The van der Waals surface area contributed by atoms with Crippen LogP contribution in [0.2, 0.25) is 0 Å². The van der Waals surface area contributed by atoms with Crippen molar-refractivity contribution in [3.63, 3.8) is 0 Å². The highest BCUT2D eigenvalue weighted by Gasteiger charge is 2.32. The number of carbonyl (C=O) groups is 2. The molecular formula is C11H20ClN3O2S. The first-order valence-electron chi connectivity index (χ1n) is 6.04. The summed E-state index contributed by atoms with van der Waals surface area (Å²) in [6.45, 7) is 1.36. The van der Waals surface area contributed by atoms with Crippen molar-refractivity contribution in [2.45, 2.75) is 18.9 Å². The molecule has 0 spiro atoms. The maximum atomic E-state index is 12.2. The quantitative estimate of drug-likeness (QED) is 0.756. The molecular weight excluding hydrogens is 274 g/mol. The van der Waals surface area contributed by atoms with Gasteiger partial charge in [-0.25, -0.2) is 0 Å². The Hall–Kier alpha value is -0.460. The van der Waals surface area contributed by atoms with Crippen LogP contribution in [0.25, 0.3) is 0 Å². The number of carbonyl (C=O) groups excluding carboxylic acids is 2. The van der Waals surface area contributed by atoms with Crippen molar-refractivity contribution in [2.24, 2.45) is 5.92 Å². The second kappa shape index (κ2) is 7.21. The van der Waals surface area contributed by atoms with Gasteiger partial charge in [-0.1, -0.05) is 0 Å². The molecule has 0 saturated carbocycles. The van der Waals surface area contributed by atoms with E-state index in [-0.39, 0.29) is 36.2 Å². The Morgan fingerprint density at radius 1 is 1.44 bits per heavy atom. The SMILES string of the molecule is CNC(=O)C1CCCN(C(=O)C2CSCN2)C1.Cl. The smallest absolute Gasteiger partial charge is 0.240 e. The van der Waals surface area contributed by atoms with Gasteiger partial charge in [0.05, 0.1) is 12.0 Å².